The van der Waals surface area contributed by atoms with Gasteiger partial charge in [-0.2, -0.15) is 0 Å². The van der Waals surface area contributed by atoms with Crippen molar-refractivity contribution in [3.05, 3.63) is 17.5 Å². The first-order chi connectivity index (χ1) is 5.77. The normalized spacial score (nSPS) is 16.3. The van der Waals surface area contributed by atoms with Crippen LogP contribution in [0.25, 0.3) is 0 Å². The summed E-state index contributed by atoms with van der Waals surface area (Å²) in [5.41, 5.74) is 6.26. The Morgan fingerprint density at radius 3 is 3.08 bits per heavy atom. The zero-order valence-electron chi connectivity index (χ0n) is 6.62. The number of hydrogen-bond acceptors (Lipinski definition) is 3. The van der Waals surface area contributed by atoms with Gasteiger partial charge in [-0.1, -0.05) is 5.16 Å². The van der Waals surface area contributed by atoms with Crippen molar-refractivity contribution in [3.8, 4) is 0 Å². The van der Waals surface area contributed by atoms with Gasteiger partial charge in [0, 0.05) is 0 Å². The Balaban J connectivity index is 2.17. The average molecular weight is 166 g/mol. The van der Waals surface area contributed by atoms with Crippen molar-refractivity contribution in [1.29, 1.82) is 0 Å². The van der Waals surface area contributed by atoms with Gasteiger partial charge in [-0.15, -0.1) is 0 Å². The van der Waals surface area contributed by atoms with Crippen LogP contribution in [0.15, 0.2) is 10.8 Å². The lowest BCUT2D eigenvalue weighted by Crippen LogP contribution is -2.12. The Bertz CT molecular complexity index is 302. The molecule has 1 aromatic rings. The highest BCUT2D eigenvalue weighted by atomic mass is 16.5. The third kappa shape index (κ3) is 1.32. The second kappa shape index (κ2) is 2.62. The first-order valence-corrected chi connectivity index (χ1v) is 4.00. The van der Waals surface area contributed by atoms with E-state index in [0.29, 0.717) is 17.2 Å². The molecule has 1 heterocycles. The number of rotatable bonds is 3. The van der Waals surface area contributed by atoms with Crippen LogP contribution in [0.2, 0.25) is 0 Å². The number of nitrogens with zero attached hydrogens (tertiary/aromatic N) is 1. The highest BCUT2D eigenvalue weighted by molar-refractivity contribution is 5.93. The summed E-state index contributed by atoms with van der Waals surface area (Å²) < 4.78 is 4.68. The molecule has 1 fully saturated rings. The molecule has 0 unspecified atom stereocenters. The van der Waals surface area contributed by atoms with Crippen LogP contribution in [0.5, 0.6) is 0 Å². The monoisotopic (exact) mass is 166 g/mol. The summed E-state index contributed by atoms with van der Waals surface area (Å²) in [7, 11) is 0. The zero-order valence-corrected chi connectivity index (χ0v) is 6.62. The Kier molecular flexibility index (Phi) is 1.60. The molecule has 0 radical (unpaired) electrons. The summed E-state index contributed by atoms with van der Waals surface area (Å²) in [4.78, 5) is 10.8. The van der Waals surface area contributed by atoms with Crippen molar-refractivity contribution in [3.63, 3.8) is 0 Å². The quantitative estimate of drug-likeness (QED) is 0.719. The minimum absolute atomic E-state index is 0.432. The Morgan fingerprint density at radius 2 is 2.50 bits per heavy atom. The van der Waals surface area contributed by atoms with E-state index in [2.05, 4.69) is 9.68 Å². The lowest BCUT2D eigenvalue weighted by Gasteiger charge is -1.93. The van der Waals surface area contributed by atoms with E-state index >= 15 is 0 Å². The topological polar surface area (TPSA) is 69.1 Å². The summed E-state index contributed by atoms with van der Waals surface area (Å²) in [6.45, 7) is 0. The van der Waals surface area contributed by atoms with Crippen molar-refractivity contribution in [2.45, 2.75) is 19.3 Å². The Labute approximate surface area is 69.7 Å². The number of aromatic nitrogens is 1. The van der Waals surface area contributed by atoms with Gasteiger partial charge in [0.1, 0.15) is 11.8 Å². The van der Waals surface area contributed by atoms with Crippen LogP contribution in [0.4, 0.5) is 0 Å². The van der Waals surface area contributed by atoms with Crippen LogP contribution >= 0.6 is 0 Å². The fourth-order valence-corrected chi connectivity index (χ4v) is 1.20. The van der Waals surface area contributed by atoms with E-state index in [-0.39, 0.29) is 0 Å². The average Bonchev–Trinajstić information content (AvgIpc) is 2.66. The van der Waals surface area contributed by atoms with Gasteiger partial charge in [-0.25, -0.2) is 0 Å². The molecule has 64 valence electrons. The van der Waals surface area contributed by atoms with Crippen LogP contribution in [0.3, 0.4) is 0 Å². The Hall–Kier alpha value is -1.32. The van der Waals surface area contributed by atoms with Crippen LogP contribution in [-0.4, -0.2) is 11.1 Å². The minimum atomic E-state index is -0.452. The van der Waals surface area contributed by atoms with Gasteiger partial charge in [-0.05, 0) is 25.2 Å². The number of nitrogens with two attached hydrogens (primary N) is 1. The molecule has 1 aliphatic carbocycles. The summed E-state index contributed by atoms with van der Waals surface area (Å²) in [6.07, 6.45) is 4.60. The maximum Gasteiger partial charge on any atom is 0.253 e. The summed E-state index contributed by atoms with van der Waals surface area (Å²) in [5, 5.41) is 3.74. The van der Waals surface area contributed by atoms with E-state index in [4.69, 9.17) is 5.73 Å². The first kappa shape index (κ1) is 7.34. The first-order valence-electron chi connectivity index (χ1n) is 4.00. The van der Waals surface area contributed by atoms with Crippen molar-refractivity contribution < 1.29 is 9.32 Å². The summed E-state index contributed by atoms with van der Waals surface area (Å²) in [5.74, 6) is 0.236. The zero-order chi connectivity index (χ0) is 8.55. The molecular weight excluding hydrogens is 156 g/mol. The molecule has 0 saturated heterocycles. The SMILES string of the molecule is NC(=O)c1conc1CC1CC1. The van der Waals surface area contributed by atoms with Crippen LogP contribution < -0.4 is 5.73 Å². The maximum absolute atomic E-state index is 10.8. The molecule has 2 rings (SSSR count). The fourth-order valence-electron chi connectivity index (χ4n) is 1.20. The minimum Gasteiger partial charge on any atom is -0.365 e. The maximum atomic E-state index is 10.8. The predicted octanol–water partition coefficient (Wildman–Crippen LogP) is 0.726. The van der Waals surface area contributed by atoms with Crippen LogP contribution in [-0.2, 0) is 6.42 Å². The van der Waals surface area contributed by atoms with Gasteiger partial charge in [0.25, 0.3) is 5.91 Å². The summed E-state index contributed by atoms with van der Waals surface area (Å²) in [6, 6.07) is 0. The third-order valence-corrected chi connectivity index (χ3v) is 2.09. The lowest BCUT2D eigenvalue weighted by atomic mass is 10.1. The molecular formula is C8H10N2O2. The van der Waals surface area contributed by atoms with Gasteiger partial charge < -0.3 is 10.3 Å². The number of hydrogen-bond donors (Lipinski definition) is 1. The van der Waals surface area contributed by atoms with Gasteiger partial charge in [0.15, 0.2) is 0 Å². The van der Waals surface area contributed by atoms with E-state index < -0.39 is 5.91 Å². The van der Waals surface area contributed by atoms with E-state index in [1.54, 1.807) is 0 Å². The molecule has 0 aliphatic heterocycles. The molecule has 0 aromatic carbocycles. The second-order valence-electron chi connectivity index (χ2n) is 3.19. The van der Waals surface area contributed by atoms with Crippen LogP contribution in [0.1, 0.15) is 28.9 Å². The van der Waals surface area contributed by atoms with Crippen LogP contribution in [0, 0.1) is 5.92 Å². The highest BCUT2D eigenvalue weighted by Crippen LogP contribution is 2.32. The highest BCUT2D eigenvalue weighted by Gasteiger charge is 2.25. The molecule has 12 heavy (non-hydrogen) atoms. The molecule has 2 N–H and O–H groups in total. The van der Waals surface area contributed by atoms with E-state index in [9.17, 15) is 4.79 Å². The van der Waals surface area contributed by atoms with E-state index in [0.717, 1.165) is 6.42 Å². The fraction of sp³-hybridized carbons (Fsp3) is 0.500. The molecule has 4 heteroatoms. The molecule has 0 atom stereocenters. The number of carbonyl (C=O) groups excluding carboxylic acids is 1. The smallest absolute Gasteiger partial charge is 0.253 e. The van der Waals surface area contributed by atoms with Crippen molar-refractivity contribution in [1.82, 2.24) is 5.16 Å². The van der Waals surface area contributed by atoms with E-state index in [1.165, 1.54) is 19.1 Å². The lowest BCUT2D eigenvalue weighted by molar-refractivity contribution is 0.0999. The van der Waals surface area contributed by atoms with Gasteiger partial charge in [0.05, 0.1) is 5.69 Å². The summed E-state index contributed by atoms with van der Waals surface area (Å²) >= 11 is 0. The molecule has 1 aliphatic rings. The number of primary amides is 1. The van der Waals surface area contributed by atoms with Crippen molar-refractivity contribution in [2.75, 3.05) is 0 Å². The second-order valence-corrected chi connectivity index (χ2v) is 3.19. The predicted molar refractivity (Wildman–Crippen MR) is 41.4 cm³/mol. The standard InChI is InChI=1S/C8H10N2O2/c9-8(11)6-4-12-10-7(6)3-5-1-2-5/h4-5H,1-3H2,(H2,9,11). The molecule has 1 aromatic heterocycles. The van der Waals surface area contributed by atoms with Gasteiger partial charge in [0.2, 0.25) is 0 Å². The number of amides is 1. The van der Waals surface area contributed by atoms with Crippen molar-refractivity contribution in [2.24, 2.45) is 11.7 Å². The van der Waals surface area contributed by atoms with E-state index in [1.807, 2.05) is 0 Å². The molecule has 0 spiro atoms. The molecule has 4 nitrogen and oxygen atoms in total. The largest absolute Gasteiger partial charge is 0.365 e. The molecule has 0 bridgehead atoms. The van der Waals surface area contributed by atoms with Crippen molar-refractivity contribution >= 4 is 5.91 Å². The molecule has 1 amide bonds. The molecule has 1 saturated carbocycles. The Morgan fingerprint density at radius 1 is 1.75 bits per heavy atom. The third-order valence-electron chi connectivity index (χ3n) is 2.09. The number of carbonyl (C=O) groups is 1. The van der Waals surface area contributed by atoms with Gasteiger partial charge >= 0.3 is 0 Å². The van der Waals surface area contributed by atoms with Gasteiger partial charge in [-0.3, -0.25) is 4.79 Å².